The largest absolute Gasteiger partial charge is 0.497 e. The van der Waals surface area contributed by atoms with Crippen LogP contribution in [0.5, 0.6) is 5.75 Å². The molecule has 19 heavy (non-hydrogen) atoms. The van der Waals surface area contributed by atoms with Gasteiger partial charge < -0.3 is 15.2 Å². The molecule has 0 aliphatic heterocycles. The van der Waals surface area contributed by atoms with Crippen molar-refractivity contribution in [1.82, 2.24) is 5.32 Å². The van der Waals surface area contributed by atoms with Crippen molar-refractivity contribution in [1.29, 1.82) is 0 Å². The Bertz CT molecular complexity index is 371. The fraction of sp³-hybridized carbons (Fsp3) is 0.500. The molecule has 0 radical (unpaired) electrons. The molecule has 1 aromatic rings. The first-order valence-corrected chi connectivity index (χ1v) is 6.70. The number of likely N-dealkylation sites (N-methyl/N-ethyl adjacent to an activating group) is 1. The van der Waals surface area contributed by atoms with E-state index in [0.717, 1.165) is 12.2 Å². The van der Waals surface area contributed by atoms with Crippen LogP contribution >= 0.6 is 0 Å². The maximum atomic E-state index is 9.48. The number of benzene rings is 1. The average Bonchev–Trinajstić information content (AvgIpc) is 2.47. The lowest BCUT2D eigenvalue weighted by molar-refractivity contribution is 0.192. The van der Waals surface area contributed by atoms with Crippen LogP contribution in [0.4, 0.5) is 0 Å². The van der Waals surface area contributed by atoms with Crippen molar-refractivity contribution in [2.24, 2.45) is 5.92 Å². The zero-order valence-corrected chi connectivity index (χ0v) is 12.1. The average molecular weight is 263 g/mol. The first kappa shape index (κ1) is 15.7. The number of nitrogens with one attached hydrogen (secondary N) is 1. The molecule has 0 spiro atoms. The van der Waals surface area contributed by atoms with Crippen LogP contribution in [0.1, 0.15) is 24.8 Å². The Morgan fingerprint density at radius 1 is 1.37 bits per heavy atom. The summed E-state index contributed by atoms with van der Waals surface area (Å²) in [6, 6.07) is 8.21. The van der Waals surface area contributed by atoms with Crippen LogP contribution in [0, 0.1) is 5.92 Å². The van der Waals surface area contributed by atoms with Gasteiger partial charge in [0.25, 0.3) is 0 Å². The van der Waals surface area contributed by atoms with E-state index in [1.54, 1.807) is 7.11 Å². The Morgan fingerprint density at radius 3 is 2.42 bits per heavy atom. The first-order chi connectivity index (χ1) is 9.17. The van der Waals surface area contributed by atoms with E-state index in [1.165, 1.54) is 5.56 Å². The second kappa shape index (κ2) is 7.97. The molecule has 0 heterocycles. The summed E-state index contributed by atoms with van der Waals surface area (Å²) >= 11 is 0. The van der Waals surface area contributed by atoms with Gasteiger partial charge >= 0.3 is 0 Å². The van der Waals surface area contributed by atoms with Gasteiger partial charge in [-0.2, -0.15) is 0 Å². The molecule has 106 valence electrons. The van der Waals surface area contributed by atoms with Crippen LogP contribution in [0.25, 0.3) is 0 Å². The van der Waals surface area contributed by atoms with Gasteiger partial charge in [0.15, 0.2) is 0 Å². The minimum Gasteiger partial charge on any atom is -0.497 e. The number of ether oxygens (including phenoxy) is 1. The summed E-state index contributed by atoms with van der Waals surface area (Å²) in [5, 5.41) is 12.7. The monoisotopic (exact) mass is 263 g/mol. The van der Waals surface area contributed by atoms with Crippen molar-refractivity contribution >= 4 is 0 Å². The molecule has 0 aromatic heterocycles. The van der Waals surface area contributed by atoms with Gasteiger partial charge in [-0.3, -0.25) is 0 Å². The topological polar surface area (TPSA) is 41.5 Å². The van der Waals surface area contributed by atoms with E-state index in [0.29, 0.717) is 11.8 Å². The number of methoxy groups -OCH3 is 1. The van der Waals surface area contributed by atoms with Crippen LogP contribution in [0.3, 0.4) is 0 Å². The van der Waals surface area contributed by atoms with Crippen LogP contribution in [0.15, 0.2) is 36.9 Å². The Kier molecular flexibility index (Phi) is 6.60. The second-order valence-corrected chi connectivity index (χ2v) is 4.83. The SMILES string of the molecule is C=CCC(C(CO)NC)C(C)c1ccc(OC)cc1. The molecule has 3 heteroatoms. The van der Waals surface area contributed by atoms with E-state index >= 15 is 0 Å². The fourth-order valence-electron chi connectivity index (χ4n) is 2.50. The Labute approximate surface area is 116 Å². The van der Waals surface area contributed by atoms with Crippen LogP contribution < -0.4 is 10.1 Å². The zero-order valence-electron chi connectivity index (χ0n) is 12.1. The Morgan fingerprint density at radius 2 is 2.00 bits per heavy atom. The molecule has 0 saturated carbocycles. The summed E-state index contributed by atoms with van der Waals surface area (Å²) in [4.78, 5) is 0. The third-order valence-corrected chi connectivity index (χ3v) is 3.81. The van der Waals surface area contributed by atoms with E-state index in [4.69, 9.17) is 4.74 Å². The molecule has 0 bridgehead atoms. The fourth-order valence-corrected chi connectivity index (χ4v) is 2.50. The number of aliphatic hydroxyl groups is 1. The van der Waals surface area contributed by atoms with Crippen molar-refractivity contribution in [3.8, 4) is 5.75 Å². The van der Waals surface area contributed by atoms with E-state index < -0.39 is 0 Å². The van der Waals surface area contributed by atoms with E-state index in [1.807, 2.05) is 25.3 Å². The summed E-state index contributed by atoms with van der Waals surface area (Å²) in [5.41, 5.74) is 1.25. The highest BCUT2D eigenvalue weighted by Crippen LogP contribution is 2.30. The highest BCUT2D eigenvalue weighted by atomic mass is 16.5. The first-order valence-electron chi connectivity index (χ1n) is 6.70. The number of allylic oxidation sites excluding steroid dienone is 1. The molecule has 0 amide bonds. The van der Waals surface area contributed by atoms with Crippen LogP contribution in [0.2, 0.25) is 0 Å². The maximum absolute atomic E-state index is 9.48. The van der Waals surface area contributed by atoms with Gasteiger partial charge in [-0.1, -0.05) is 25.1 Å². The molecular weight excluding hydrogens is 238 g/mol. The number of aliphatic hydroxyl groups excluding tert-OH is 1. The molecule has 3 unspecified atom stereocenters. The van der Waals surface area contributed by atoms with E-state index in [2.05, 4.69) is 31.0 Å². The van der Waals surface area contributed by atoms with Gasteiger partial charge in [0.1, 0.15) is 5.75 Å². The lowest BCUT2D eigenvalue weighted by atomic mass is 9.80. The van der Waals surface area contributed by atoms with Crippen molar-refractivity contribution in [3.63, 3.8) is 0 Å². The van der Waals surface area contributed by atoms with Gasteiger partial charge in [-0.05, 0) is 43.0 Å². The smallest absolute Gasteiger partial charge is 0.118 e. The van der Waals surface area contributed by atoms with Gasteiger partial charge in [-0.25, -0.2) is 0 Å². The summed E-state index contributed by atoms with van der Waals surface area (Å²) in [6.07, 6.45) is 2.80. The van der Waals surface area contributed by atoms with Crippen molar-refractivity contribution in [3.05, 3.63) is 42.5 Å². The van der Waals surface area contributed by atoms with Crippen LogP contribution in [-0.4, -0.2) is 31.9 Å². The van der Waals surface area contributed by atoms with Crippen molar-refractivity contribution in [2.75, 3.05) is 20.8 Å². The summed E-state index contributed by atoms with van der Waals surface area (Å²) in [5.74, 6) is 1.53. The molecule has 0 aliphatic carbocycles. The van der Waals surface area contributed by atoms with Crippen LogP contribution in [-0.2, 0) is 0 Å². The summed E-state index contributed by atoms with van der Waals surface area (Å²) < 4.78 is 5.18. The predicted molar refractivity (Wildman–Crippen MR) is 79.6 cm³/mol. The molecule has 0 fully saturated rings. The highest BCUT2D eigenvalue weighted by Gasteiger charge is 2.25. The minimum atomic E-state index is 0.0788. The van der Waals surface area contributed by atoms with Crippen molar-refractivity contribution < 1.29 is 9.84 Å². The number of hydrogen-bond donors (Lipinski definition) is 2. The number of hydrogen-bond acceptors (Lipinski definition) is 3. The molecule has 0 aliphatic rings. The molecule has 1 aromatic carbocycles. The molecule has 2 N–H and O–H groups in total. The van der Waals surface area contributed by atoms with Gasteiger partial charge in [0, 0.05) is 6.04 Å². The van der Waals surface area contributed by atoms with Gasteiger partial charge in [0.05, 0.1) is 13.7 Å². The predicted octanol–water partition coefficient (Wildman–Crippen LogP) is 2.57. The molecule has 1 rings (SSSR count). The number of rotatable bonds is 8. The van der Waals surface area contributed by atoms with Gasteiger partial charge in [0.2, 0.25) is 0 Å². The van der Waals surface area contributed by atoms with Crippen molar-refractivity contribution in [2.45, 2.75) is 25.3 Å². The summed E-state index contributed by atoms with van der Waals surface area (Å²) in [6.45, 7) is 6.15. The van der Waals surface area contributed by atoms with E-state index in [9.17, 15) is 5.11 Å². The third kappa shape index (κ3) is 4.08. The molecule has 3 atom stereocenters. The molecule has 3 nitrogen and oxygen atoms in total. The standard InChI is InChI=1S/C16H25NO2/c1-5-6-15(16(11-18)17-3)12(2)13-7-9-14(19-4)10-8-13/h5,7-10,12,15-18H,1,6,11H2,2-4H3. The van der Waals surface area contributed by atoms with Gasteiger partial charge in [-0.15, -0.1) is 6.58 Å². The zero-order chi connectivity index (χ0) is 14.3. The molecular formula is C16H25NO2. The molecule has 0 saturated heterocycles. The quantitative estimate of drug-likeness (QED) is 0.708. The maximum Gasteiger partial charge on any atom is 0.118 e. The Balaban J connectivity index is 2.90. The van der Waals surface area contributed by atoms with E-state index in [-0.39, 0.29) is 12.6 Å². The Hall–Kier alpha value is -1.32. The third-order valence-electron chi connectivity index (χ3n) is 3.81. The minimum absolute atomic E-state index is 0.0788. The highest BCUT2D eigenvalue weighted by molar-refractivity contribution is 5.29. The normalized spacial score (nSPS) is 15.6. The lowest BCUT2D eigenvalue weighted by Crippen LogP contribution is -2.39. The summed E-state index contributed by atoms with van der Waals surface area (Å²) in [7, 11) is 3.56. The second-order valence-electron chi connectivity index (χ2n) is 4.83. The lowest BCUT2D eigenvalue weighted by Gasteiger charge is -2.30.